The summed E-state index contributed by atoms with van der Waals surface area (Å²) in [6.07, 6.45) is 0. The van der Waals surface area contributed by atoms with E-state index in [2.05, 4.69) is 5.32 Å². The van der Waals surface area contributed by atoms with Crippen LogP contribution in [0.5, 0.6) is 5.75 Å². The highest BCUT2D eigenvalue weighted by molar-refractivity contribution is 5.58. The number of nitriles is 1. The van der Waals surface area contributed by atoms with E-state index in [0.717, 1.165) is 12.1 Å². The Hall–Kier alpha value is -2.68. The van der Waals surface area contributed by atoms with Gasteiger partial charge in [0, 0.05) is 6.07 Å². The molecule has 2 aromatic carbocycles. The van der Waals surface area contributed by atoms with Crippen LogP contribution < -0.4 is 10.1 Å². The second kappa shape index (κ2) is 6.85. The van der Waals surface area contributed by atoms with E-state index in [0.29, 0.717) is 5.69 Å². The second-order valence-electron chi connectivity index (χ2n) is 4.71. The molecule has 0 fully saturated rings. The fourth-order valence-electron chi connectivity index (χ4n) is 1.87. The lowest BCUT2D eigenvalue weighted by Gasteiger charge is -2.17. The summed E-state index contributed by atoms with van der Waals surface area (Å²) in [6, 6.07) is 8.71. The van der Waals surface area contributed by atoms with Gasteiger partial charge in [-0.1, -0.05) is 6.07 Å². The average molecular weight is 306 g/mol. The Labute approximate surface area is 126 Å². The van der Waals surface area contributed by atoms with Crippen LogP contribution >= 0.6 is 0 Å². The van der Waals surface area contributed by atoms with Crippen molar-refractivity contribution >= 4 is 5.69 Å². The van der Waals surface area contributed by atoms with Gasteiger partial charge in [0.05, 0.1) is 11.7 Å². The quantitative estimate of drug-likeness (QED) is 0.912. The van der Waals surface area contributed by atoms with E-state index in [1.165, 1.54) is 18.2 Å². The zero-order valence-corrected chi connectivity index (χ0v) is 11.7. The Morgan fingerprint density at radius 3 is 2.64 bits per heavy atom. The van der Waals surface area contributed by atoms with Crippen molar-refractivity contribution in [2.75, 3.05) is 11.9 Å². The molecule has 0 saturated heterocycles. The van der Waals surface area contributed by atoms with Gasteiger partial charge in [-0.05, 0) is 31.2 Å². The molecule has 0 spiro atoms. The lowest BCUT2D eigenvalue weighted by molar-refractivity contribution is 0.288. The highest BCUT2D eigenvalue weighted by Gasteiger charge is 2.12. The first-order valence-corrected chi connectivity index (χ1v) is 6.54. The Kier molecular flexibility index (Phi) is 4.89. The van der Waals surface area contributed by atoms with Crippen molar-refractivity contribution < 1.29 is 17.9 Å². The molecule has 114 valence electrons. The first-order chi connectivity index (χ1) is 10.5. The minimum absolute atomic E-state index is 0.0595. The molecule has 0 bridgehead atoms. The van der Waals surface area contributed by atoms with Gasteiger partial charge in [0.2, 0.25) is 0 Å². The van der Waals surface area contributed by atoms with Gasteiger partial charge in [0.25, 0.3) is 0 Å². The lowest BCUT2D eigenvalue weighted by atomic mass is 10.1. The van der Waals surface area contributed by atoms with Gasteiger partial charge in [-0.2, -0.15) is 5.26 Å². The molecule has 0 heterocycles. The van der Waals surface area contributed by atoms with Crippen molar-refractivity contribution in [2.24, 2.45) is 0 Å². The molecule has 6 heteroatoms. The molecule has 0 saturated carbocycles. The topological polar surface area (TPSA) is 45.0 Å². The molecule has 0 radical (unpaired) electrons. The van der Waals surface area contributed by atoms with Crippen LogP contribution in [0.1, 0.15) is 12.5 Å². The van der Waals surface area contributed by atoms with Crippen molar-refractivity contribution in [3.8, 4) is 11.8 Å². The number of hydrogen-bond donors (Lipinski definition) is 1. The average Bonchev–Trinajstić information content (AvgIpc) is 2.46. The molecule has 0 amide bonds. The summed E-state index contributed by atoms with van der Waals surface area (Å²) in [5, 5.41) is 11.9. The van der Waals surface area contributed by atoms with Gasteiger partial charge in [-0.25, -0.2) is 13.2 Å². The van der Waals surface area contributed by atoms with Crippen LogP contribution in [0.25, 0.3) is 0 Å². The maximum absolute atomic E-state index is 13.5. The lowest BCUT2D eigenvalue weighted by Crippen LogP contribution is -2.24. The third kappa shape index (κ3) is 3.70. The summed E-state index contributed by atoms with van der Waals surface area (Å²) in [4.78, 5) is 0. The third-order valence-electron chi connectivity index (χ3n) is 2.91. The monoisotopic (exact) mass is 306 g/mol. The molecule has 0 aliphatic carbocycles. The third-order valence-corrected chi connectivity index (χ3v) is 2.91. The van der Waals surface area contributed by atoms with Crippen LogP contribution in [-0.4, -0.2) is 12.6 Å². The Bertz CT molecular complexity index is 713. The predicted octanol–water partition coefficient (Wildman–Crippen LogP) is 3.85. The van der Waals surface area contributed by atoms with Crippen LogP contribution in [0.15, 0.2) is 36.4 Å². The molecule has 3 nitrogen and oxygen atoms in total. The fraction of sp³-hybridized carbons (Fsp3) is 0.188. The normalized spacial score (nSPS) is 11.6. The summed E-state index contributed by atoms with van der Waals surface area (Å²) in [5.74, 6) is -2.18. The van der Waals surface area contributed by atoms with Gasteiger partial charge in [-0.15, -0.1) is 0 Å². The molecule has 1 N–H and O–H groups in total. The van der Waals surface area contributed by atoms with Gasteiger partial charge in [0.1, 0.15) is 29.9 Å². The summed E-state index contributed by atoms with van der Waals surface area (Å²) in [6.45, 7) is 1.79. The molecular weight excluding hydrogens is 293 g/mol. The Morgan fingerprint density at radius 2 is 1.95 bits per heavy atom. The highest BCUT2D eigenvalue weighted by atomic mass is 19.1. The van der Waals surface area contributed by atoms with Gasteiger partial charge >= 0.3 is 0 Å². The zero-order valence-electron chi connectivity index (χ0n) is 11.7. The molecule has 0 aliphatic rings. The predicted molar refractivity (Wildman–Crippen MR) is 76.1 cm³/mol. The number of anilines is 1. The van der Waals surface area contributed by atoms with Crippen molar-refractivity contribution in [3.05, 3.63) is 59.4 Å². The van der Waals surface area contributed by atoms with E-state index in [-0.39, 0.29) is 24.0 Å². The van der Waals surface area contributed by atoms with E-state index in [1.807, 2.05) is 0 Å². The number of halogens is 3. The Balaban J connectivity index is 2.01. The fourth-order valence-corrected chi connectivity index (χ4v) is 1.87. The van der Waals surface area contributed by atoms with Crippen molar-refractivity contribution in [2.45, 2.75) is 13.0 Å². The maximum Gasteiger partial charge on any atom is 0.167 e. The molecule has 2 rings (SSSR count). The Morgan fingerprint density at radius 1 is 1.18 bits per heavy atom. The number of rotatable bonds is 5. The molecule has 0 aliphatic heterocycles. The molecule has 1 atom stereocenters. The van der Waals surface area contributed by atoms with Crippen LogP contribution in [0.3, 0.4) is 0 Å². The van der Waals surface area contributed by atoms with Crippen molar-refractivity contribution in [1.29, 1.82) is 5.26 Å². The number of ether oxygens (including phenoxy) is 1. The first kappa shape index (κ1) is 15.7. The SMILES string of the molecule is CC(COc1ccc(F)cc1F)Nc1cccc(F)c1C#N. The van der Waals surface area contributed by atoms with Crippen molar-refractivity contribution in [1.82, 2.24) is 0 Å². The van der Waals surface area contributed by atoms with Crippen LogP contribution in [0.2, 0.25) is 0 Å². The van der Waals surface area contributed by atoms with E-state index in [4.69, 9.17) is 10.00 Å². The summed E-state index contributed by atoms with van der Waals surface area (Å²) < 4.78 is 44.9. The van der Waals surface area contributed by atoms with Crippen molar-refractivity contribution in [3.63, 3.8) is 0 Å². The molecule has 0 aromatic heterocycles. The van der Waals surface area contributed by atoms with E-state index >= 15 is 0 Å². The summed E-state index contributed by atoms with van der Waals surface area (Å²) in [7, 11) is 0. The smallest absolute Gasteiger partial charge is 0.167 e. The van der Waals surface area contributed by atoms with Crippen LogP contribution in [-0.2, 0) is 0 Å². The van der Waals surface area contributed by atoms with E-state index < -0.39 is 17.5 Å². The van der Waals surface area contributed by atoms with Gasteiger partial charge in [-0.3, -0.25) is 0 Å². The van der Waals surface area contributed by atoms with Crippen LogP contribution in [0.4, 0.5) is 18.9 Å². The second-order valence-corrected chi connectivity index (χ2v) is 4.71. The number of nitrogens with one attached hydrogen (secondary N) is 1. The minimum Gasteiger partial charge on any atom is -0.488 e. The summed E-state index contributed by atoms with van der Waals surface area (Å²) in [5.41, 5.74) is 0.237. The van der Waals surface area contributed by atoms with Gasteiger partial charge < -0.3 is 10.1 Å². The number of benzene rings is 2. The molecule has 1 unspecified atom stereocenters. The van der Waals surface area contributed by atoms with Crippen LogP contribution in [0, 0.1) is 28.8 Å². The molecule has 2 aromatic rings. The minimum atomic E-state index is -0.796. The van der Waals surface area contributed by atoms with Gasteiger partial charge in [0.15, 0.2) is 11.6 Å². The highest BCUT2D eigenvalue weighted by Crippen LogP contribution is 2.20. The molecular formula is C16H13F3N2O. The number of nitrogens with zero attached hydrogens (tertiary/aromatic N) is 1. The molecule has 22 heavy (non-hydrogen) atoms. The largest absolute Gasteiger partial charge is 0.488 e. The first-order valence-electron chi connectivity index (χ1n) is 6.54. The maximum atomic E-state index is 13.5. The van der Waals surface area contributed by atoms with E-state index in [1.54, 1.807) is 19.1 Å². The van der Waals surface area contributed by atoms with E-state index in [9.17, 15) is 13.2 Å². The zero-order chi connectivity index (χ0) is 16.1. The summed E-state index contributed by atoms with van der Waals surface area (Å²) >= 11 is 0. The standard InChI is InChI=1S/C16H13F3N2O/c1-10(9-22-16-6-5-11(17)7-14(16)19)21-15-4-2-3-13(18)12(15)8-20/h2-7,10,21H,9H2,1H3. The number of hydrogen-bond acceptors (Lipinski definition) is 3.